The Bertz CT molecular complexity index is 787. The second-order valence-electron chi connectivity index (χ2n) is 4.84. The number of thiazole rings is 1. The monoisotopic (exact) mass is 387 g/mol. The van der Waals surface area contributed by atoms with Gasteiger partial charge in [0, 0.05) is 22.0 Å². The topological polar surface area (TPSA) is 54.0 Å². The standard InChI is InChI=1S/C17H14BrN3OS/c18-14-8-6-13(7-9-14)15-11-23-17(20-15)21-16(22)19-10-12-4-2-1-3-5-12/h1-9,11H,10H2,(H2,19,20,21,22). The molecule has 4 nitrogen and oxygen atoms in total. The molecule has 0 spiro atoms. The predicted octanol–water partition coefficient (Wildman–Crippen LogP) is 4.89. The summed E-state index contributed by atoms with van der Waals surface area (Å²) in [4.78, 5) is 16.4. The molecule has 0 fully saturated rings. The van der Waals surface area contributed by atoms with Crippen LogP contribution < -0.4 is 10.6 Å². The van der Waals surface area contributed by atoms with E-state index in [1.165, 1.54) is 11.3 Å². The molecule has 1 heterocycles. The molecule has 3 rings (SSSR count). The highest BCUT2D eigenvalue weighted by Gasteiger charge is 2.07. The van der Waals surface area contributed by atoms with Crippen molar-refractivity contribution in [1.29, 1.82) is 0 Å². The lowest BCUT2D eigenvalue weighted by Crippen LogP contribution is -2.28. The van der Waals surface area contributed by atoms with Crippen LogP contribution >= 0.6 is 27.3 Å². The van der Waals surface area contributed by atoms with Gasteiger partial charge in [0.05, 0.1) is 5.69 Å². The van der Waals surface area contributed by atoms with Crippen molar-refractivity contribution in [2.45, 2.75) is 6.54 Å². The van der Waals surface area contributed by atoms with Crippen LogP contribution in [-0.4, -0.2) is 11.0 Å². The summed E-state index contributed by atoms with van der Waals surface area (Å²) in [5, 5.41) is 8.08. The Morgan fingerprint density at radius 2 is 1.83 bits per heavy atom. The Morgan fingerprint density at radius 3 is 2.57 bits per heavy atom. The second-order valence-corrected chi connectivity index (χ2v) is 6.61. The molecule has 0 aliphatic heterocycles. The molecule has 0 aliphatic rings. The molecule has 23 heavy (non-hydrogen) atoms. The highest BCUT2D eigenvalue weighted by Crippen LogP contribution is 2.25. The van der Waals surface area contributed by atoms with Gasteiger partial charge < -0.3 is 5.32 Å². The highest BCUT2D eigenvalue weighted by molar-refractivity contribution is 9.10. The molecule has 2 amide bonds. The molecular weight excluding hydrogens is 374 g/mol. The third-order valence-electron chi connectivity index (χ3n) is 3.16. The van der Waals surface area contributed by atoms with Gasteiger partial charge in [-0.25, -0.2) is 9.78 Å². The number of aromatic nitrogens is 1. The second kappa shape index (κ2) is 7.39. The molecule has 0 radical (unpaired) electrons. The smallest absolute Gasteiger partial charge is 0.321 e. The zero-order valence-corrected chi connectivity index (χ0v) is 14.5. The van der Waals surface area contributed by atoms with Gasteiger partial charge >= 0.3 is 6.03 Å². The van der Waals surface area contributed by atoms with E-state index in [0.717, 1.165) is 21.3 Å². The molecule has 3 aromatic rings. The quantitative estimate of drug-likeness (QED) is 0.668. The fourth-order valence-electron chi connectivity index (χ4n) is 2.00. The molecule has 0 bridgehead atoms. The minimum atomic E-state index is -0.259. The Kier molecular flexibility index (Phi) is 5.05. The zero-order chi connectivity index (χ0) is 16.1. The molecule has 116 valence electrons. The van der Waals surface area contributed by atoms with Crippen molar-refractivity contribution in [2.75, 3.05) is 5.32 Å². The van der Waals surface area contributed by atoms with E-state index in [0.29, 0.717) is 11.7 Å². The van der Waals surface area contributed by atoms with E-state index >= 15 is 0 Å². The maximum absolute atomic E-state index is 11.9. The number of halogens is 1. The lowest BCUT2D eigenvalue weighted by atomic mass is 10.2. The summed E-state index contributed by atoms with van der Waals surface area (Å²) in [6.07, 6.45) is 0. The number of nitrogens with zero attached hydrogens (tertiary/aromatic N) is 1. The largest absolute Gasteiger partial charge is 0.334 e. The molecule has 0 saturated heterocycles. The van der Waals surface area contributed by atoms with Crippen LogP contribution in [0.4, 0.5) is 9.93 Å². The third-order valence-corrected chi connectivity index (χ3v) is 4.45. The van der Waals surface area contributed by atoms with Crippen molar-refractivity contribution in [3.8, 4) is 11.3 Å². The van der Waals surface area contributed by atoms with Crippen LogP contribution in [0.25, 0.3) is 11.3 Å². The minimum absolute atomic E-state index is 0.259. The maximum atomic E-state index is 11.9. The van der Waals surface area contributed by atoms with Gasteiger partial charge in [-0.3, -0.25) is 5.32 Å². The van der Waals surface area contributed by atoms with Crippen molar-refractivity contribution < 1.29 is 4.79 Å². The van der Waals surface area contributed by atoms with Crippen molar-refractivity contribution >= 4 is 38.4 Å². The Morgan fingerprint density at radius 1 is 1.09 bits per heavy atom. The van der Waals surface area contributed by atoms with E-state index in [1.54, 1.807) is 0 Å². The van der Waals surface area contributed by atoms with Gasteiger partial charge in [0.2, 0.25) is 0 Å². The van der Waals surface area contributed by atoms with E-state index in [-0.39, 0.29) is 6.03 Å². The van der Waals surface area contributed by atoms with Crippen LogP contribution in [0.5, 0.6) is 0 Å². The molecule has 0 aliphatic carbocycles. The number of hydrogen-bond donors (Lipinski definition) is 2. The van der Waals surface area contributed by atoms with Crippen molar-refractivity contribution in [2.24, 2.45) is 0 Å². The number of benzene rings is 2. The first kappa shape index (κ1) is 15.7. The van der Waals surface area contributed by atoms with Crippen molar-refractivity contribution in [1.82, 2.24) is 10.3 Å². The summed E-state index contributed by atoms with van der Waals surface area (Å²) in [7, 11) is 0. The Labute approximate surface area is 146 Å². The number of nitrogens with one attached hydrogen (secondary N) is 2. The average Bonchev–Trinajstić information content (AvgIpc) is 3.03. The lowest BCUT2D eigenvalue weighted by molar-refractivity contribution is 0.251. The Hall–Kier alpha value is -2.18. The zero-order valence-electron chi connectivity index (χ0n) is 12.1. The van der Waals surface area contributed by atoms with E-state index < -0.39 is 0 Å². The Balaban J connectivity index is 1.58. The van der Waals surface area contributed by atoms with E-state index in [4.69, 9.17) is 0 Å². The first-order valence-electron chi connectivity index (χ1n) is 7.01. The van der Waals surface area contributed by atoms with Gasteiger partial charge in [-0.05, 0) is 17.7 Å². The highest BCUT2D eigenvalue weighted by atomic mass is 79.9. The number of amides is 2. The summed E-state index contributed by atoms with van der Waals surface area (Å²) >= 11 is 4.81. The van der Waals surface area contributed by atoms with Gasteiger partial charge in [-0.1, -0.05) is 58.4 Å². The van der Waals surface area contributed by atoms with Gasteiger partial charge in [-0.2, -0.15) is 0 Å². The van der Waals surface area contributed by atoms with Gasteiger partial charge in [0.1, 0.15) is 0 Å². The van der Waals surface area contributed by atoms with Crippen LogP contribution in [0, 0.1) is 0 Å². The summed E-state index contributed by atoms with van der Waals surface area (Å²) in [5.41, 5.74) is 2.92. The van der Waals surface area contributed by atoms with Crippen LogP contribution in [0.15, 0.2) is 64.5 Å². The lowest BCUT2D eigenvalue weighted by Gasteiger charge is -2.05. The van der Waals surface area contributed by atoms with E-state index in [2.05, 4.69) is 31.5 Å². The van der Waals surface area contributed by atoms with E-state index in [1.807, 2.05) is 60.0 Å². The molecule has 0 atom stereocenters. The molecule has 1 aromatic heterocycles. The van der Waals surface area contributed by atoms with Gasteiger partial charge in [-0.15, -0.1) is 11.3 Å². The molecular formula is C17H14BrN3OS. The average molecular weight is 388 g/mol. The molecule has 2 N–H and O–H groups in total. The SMILES string of the molecule is O=C(NCc1ccccc1)Nc1nc(-c2ccc(Br)cc2)cs1. The van der Waals surface area contributed by atoms with Crippen LogP contribution in [0.3, 0.4) is 0 Å². The molecule has 2 aromatic carbocycles. The summed E-state index contributed by atoms with van der Waals surface area (Å²) < 4.78 is 1.02. The summed E-state index contributed by atoms with van der Waals surface area (Å²) in [6, 6.07) is 17.4. The number of anilines is 1. The van der Waals surface area contributed by atoms with Gasteiger partial charge in [0.25, 0.3) is 0 Å². The van der Waals surface area contributed by atoms with Crippen LogP contribution in [0.1, 0.15) is 5.56 Å². The summed E-state index contributed by atoms with van der Waals surface area (Å²) in [6.45, 7) is 0.484. The third kappa shape index (κ3) is 4.40. The minimum Gasteiger partial charge on any atom is -0.334 e. The van der Waals surface area contributed by atoms with Crippen LogP contribution in [-0.2, 0) is 6.54 Å². The maximum Gasteiger partial charge on any atom is 0.321 e. The van der Waals surface area contributed by atoms with E-state index in [9.17, 15) is 4.79 Å². The molecule has 6 heteroatoms. The normalized spacial score (nSPS) is 10.3. The number of carbonyl (C=O) groups excluding carboxylic acids is 1. The fraction of sp³-hybridized carbons (Fsp3) is 0.0588. The number of urea groups is 1. The number of hydrogen-bond acceptors (Lipinski definition) is 3. The summed E-state index contributed by atoms with van der Waals surface area (Å²) in [5.74, 6) is 0. The number of rotatable bonds is 4. The molecule has 0 saturated carbocycles. The first-order valence-corrected chi connectivity index (χ1v) is 8.68. The van der Waals surface area contributed by atoms with Crippen LogP contribution in [0.2, 0.25) is 0 Å². The van der Waals surface area contributed by atoms with Gasteiger partial charge in [0.15, 0.2) is 5.13 Å². The molecule has 0 unspecified atom stereocenters. The van der Waals surface area contributed by atoms with Crippen molar-refractivity contribution in [3.63, 3.8) is 0 Å². The van der Waals surface area contributed by atoms with Crippen molar-refractivity contribution in [3.05, 3.63) is 70.0 Å². The fourth-order valence-corrected chi connectivity index (χ4v) is 2.98. The number of carbonyl (C=O) groups is 1. The first-order chi connectivity index (χ1) is 11.2. The predicted molar refractivity (Wildman–Crippen MR) is 97.6 cm³/mol.